The first-order chi connectivity index (χ1) is 10.6. The van der Waals surface area contributed by atoms with Crippen LogP contribution in [0.5, 0.6) is 0 Å². The second-order valence-electron chi connectivity index (χ2n) is 5.98. The Morgan fingerprint density at radius 1 is 1.36 bits per heavy atom. The molecule has 1 heterocycles. The van der Waals surface area contributed by atoms with E-state index >= 15 is 0 Å². The molecule has 5 heteroatoms. The van der Waals surface area contributed by atoms with Crippen LogP contribution in [0.3, 0.4) is 0 Å². The Morgan fingerprint density at radius 3 is 2.82 bits per heavy atom. The van der Waals surface area contributed by atoms with E-state index in [1.807, 2.05) is 18.2 Å². The normalized spacial score (nSPS) is 19.1. The molecule has 122 valence electrons. The summed E-state index contributed by atoms with van der Waals surface area (Å²) >= 11 is 0. The minimum atomic E-state index is -0.115. The number of nitrogens with zero attached hydrogens (tertiary/aromatic N) is 1. The molecule has 2 atom stereocenters. The highest BCUT2D eigenvalue weighted by Gasteiger charge is 2.16. The Morgan fingerprint density at radius 2 is 2.14 bits per heavy atom. The molecule has 2 amide bonds. The molecule has 1 saturated heterocycles. The Bertz CT molecular complexity index is 446. The summed E-state index contributed by atoms with van der Waals surface area (Å²) < 4.78 is 5.48. The number of nitrogens with one attached hydrogen (secondary N) is 2. The summed E-state index contributed by atoms with van der Waals surface area (Å²) in [5.41, 5.74) is 1.28. The second kappa shape index (κ2) is 8.76. The van der Waals surface area contributed by atoms with Gasteiger partial charge in [0.25, 0.3) is 0 Å². The summed E-state index contributed by atoms with van der Waals surface area (Å²) in [7, 11) is 2.07. The topological polar surface area (TPSA) is 53.6 Å². The van der Waals surface area contributed by atoms with Gasteiger partial charge in [0, 0.05) is 32.3 Å². The van der Waals surface area contributed by atoms with Crippen molar-refractivity contribution >= 4 is 6.03 Å². The first-order valence-corrected chi connectivity index (χ1v) is 8.02. The van der Waals surface area contributed by atoms with Crippen molar-refractivity contribution in [2.45, 2.75) is 38.5 Å². The van der Waals surface area contributed by atoms with E-state index in [2.05, 4.69) is 41.6 Å². The summed E-state index contributed by atoms with van der Waals surface area (Å²) in [6, 6.07) is 10.5. The van der Waals surface area contributed by atoms with Gasteiger partial charge in [-0.05, 0) is 32.4 Å². The molecule has 0 aromatic heterocycles. The molecular formula is C17H27N3O2. The van der Waals surface area contributed by atoms with Gasteiger partial charge >= 0.3 is 6.03 Å². The number of ether oxygens (including phenoxy) is 1. The number of carbonyl (C=O) groups excluding carboxylic acids is 1. The third-order valence-corrected chi connectivity index (χ3v) is 4.10. The van der Waals surface area contributed by atoms with Crippen LogP contribution in [0.2, 0.25) is 0 Å². The van der Waals surface area contributed by atoms with Gasteiger partial charge in [0.15, 0.2) is 0 Å². The van der Waals surface area contributed by atoms with E-state index in [1.165, 1.54) is 5.56 Å². The number of urea groups is 1. The molecule has 2 N–H and O–H groups in total. The van der Waals surface area contributed by atoms with E-state index in [0.29, 0.717) is 13.1 Å². The van der Waals surface area contributed by atoms with Crippen LogP contribution in [0.1, 0.15) is 25.3 Å². The van der Waals surface area contributed by atoms with Crippen LogP contribution in [-0.2, 0) is 11.3 Å². The minimum absolute atomic E-state index is 0.115. The van der Waals surface area contributed by atoms with Crippen LogP contribution in [0.15, 0.2) is 30.3 Å². The van der Waals surface area contributed by atoms with Crippen molar-refractivity contribution in [2.75, 3.05) is 26.7 Å². The molecule has 2 rings (SSSR count). The second-order valence-corrected chi connectivity index (χ2v) is 5.98. The van der Waals surface area contributed by atoms with Gasteiger partial charge in [0.05, 0.1) is 6.10 Å². The van der Waals surface area contributed by atoms with Gasteiger partial charge in [-0.15, -0.1) is 0 Å². The van der Waals surface area contributed by atoms with Gasteiger partial charge in [-0.2, -0.15) is 0 Å². The molecule has 1 aliphatic rings. The van der Waals surface area contributed by atoms with Crippen molar-refractivity contribution in [2.24, 2.45) is 0 Å². The first kappa shape index (κ1) is 16.8. The Balaban J connectivity index is 1.63. The largest absolute Gasteiger partial charge is 0.376 e. The van der Waals surface area contributed by atoms with Gasteiger partial charge in [-0.3, -0.25) is 4.90 Å². The van der Waals surface area contributed by atoms with Crippen molar-refractivity contribution in [1.29, 1.82) is 0 Å². The van der Waals surface area contributed by atoms with E-state index in [0.717, 1.165) is 26.0 Å². The molecular weight excluding hydrogens is 278 g/mol. The summed E-state index contributed by atoms with van der Waals surface area (Å²) in [6.07, 6.45) is 2.31. The van der Waals surface area contributed by atoms with Crippen molar-refractivity contribution in [3.63, 3.8) is 0 Å². The summed E-state index contributed by atoms with van der Waals surface area (Å²) in [5.74, 6) is 0. The minimum Gasteiger partial charge on any atom is -0.376 e. The van der Waals surface area contributed by atoms with Crippen molar-refractivity contribution in [1.82, 2.24) is 15.5 Å². The quantitative estimate of drug-likeness (QED) is 0.810. The lowest BCUT2D eigenvalue weighted by Crippen LogP contribution is -2.45. The molecule has 0 radical (unpaired) electrons. The summed E-state index contributed by atoms with van der Waals surface area (Å²) in [5, 5.41) is 5.80. The maximum absolute atomic E-state index is 11.8. The van der Waals surface area contributed by atoms with Crippen LogP contribution in [0.4, 0.5) is 4.79 Å². The van der Waals surface area contributed by atoms with Crippen molar-refractivity contribution in [3.05, 3.63) is 35.9 Å². The lowest BCUT2D eigenvalue weighted by atomic mass is 10.2. The number of benzene rings is 1. The zero-order valence-electron chi connectivity index (χ0n) is 13.5. The maximum atomic E-state index is 11.8. The molecule has 0 aliphatic carbocycles. The van der Waals surface area contributed by atoms with Gasteiger partial charge in [0.2, 0.25) is 0 Å². The maximum Gasteiger partial charge on any atom is 0.314 e. The lowest BCUT2D eigenvalue weighted by molar-refractivity contribution is 0.111. The van der Waals surface area contributed by atoms with Crippen LogP contribution in [0, 0.1) is 0 Å². The van der Waals surface area contributed by atoms with Crippen molar-refractivity contribution in [3.8, 4) is 0 Å². The van der Waals surface area contributed by atoms with Crippen LogP contribution >= 0.6 is 0 Å². The van der Waals surface area contributed by atoms with E-state index in [1.54, 1.807) is 0 Å². The fourth-order valence-electron chi connectivity index (χ4n) is 2.50. The molecule has 1 aliphatic heterocycles. The van der Waals surface area contributed by atoms with Gasteiger partial charge in [-0.1, -0.05) is 30.3 Å². The Hall–Kier alpha value is -1.59. The highest BCUT2D eigenvalue weighted by Crippen LogP contribution is 2.10. The zero-order chi connectivity index (χ0) is 15.8. The predicted molar refractivity (Wildman–Crippen MR) is 87.7 cm³/mol. The smallest absolute Gasteiger partial charge is 0.314 e. The van der Waals surface area contributed by atoms with Crippen LogP contribution in [0.25, 0.3) is 0 Å². The van der Waals surface area contributed by atoms with Crippen LogP contribution < -0.4 is 10.6 Å². The monoisotopic (exact) mass is 305 g/mol. The number of amides is 2. The SMILES string of the molecule is C[C@H](CNC(=O)NC[C@@H]1CCCO1)N(C)Cc1ccccc1. The third kappa shape index (κ3) is 5.66. The highest BCUT2D eigenvalue weighted by molar-refractivity contribution is 5.73. The number of likely N-dealkylation sites (N-methyl/N-ethyl adjacent to an activating group) is 1. The van der Waals surface area contributed by atoms with Gasteiger partial charge in [0.1, 0.15) is 0 Å². The number of hydrogen-bond acceptors (Lipinski definition) is 3. The third-order valence-electron chi connectivity index (χ3n) is 4.10. The van der Waals surface area contributed by atoms with E-state index < -0.39 is 0 Å². The van der Waals surface area contributed by atoms with Crippen molar-refractivity contribution < 1.29 is 9.53 Å². The molecule has 22 heavy (non-hydrogen) atoms. The molecule has 0 saturated carbocycles. The van der Waals surface area contributed by atoms with Gasteiger partial charge < -0.3 is 15.4 Å². The number of rotatable bonds is 7. The van der Waals surface area contributed by atoms with Gasteiger partial charge in [-0.25, -0.2) is 4.79 Å². The first-order valence-electron chi connectivity index (χ1n) is 8.02. The molecule has 1 aromatic rings. The fraction of sp³-hybridized carbons (Fsp3) is 0.588. The molecule has 1 fully saturated rings. The number of hydrogen-bond donors (Lipinski definition) is 2. The Kier molecular flexibility index (Phi) is 6.68. The molecule has 5 nitrogen and oxygen atoms in total. The average molecular weight is 305 g/mol. The fourth-order valence-corrected chi connectivity index (χ4v) is 2.50. The summed E-state index contributed by atoms with van der Waals surface area (Å²) in [6.45, 7) is 5.03. The molecule has 0 spiro atoms. The molecule has 1 aromatic carbocycles. The van der Waals surface area contributed by atoms with E-state index in [9.17, 15) is 4.79 Å². The average Bonchev–Trinajstić information content (AvgIpc) is 3.05. The molecule has 0 unspecified atom stereocenters. The number of carbonyl (C=O) groups is 1. The lowest BCUT2D eigenvalue weighted by Gasteiger charge is -2.25. The highest BCUT2D eigenvalue weighted by atomic mass is 16.5. The van der Waals surface area contributed by atoms with E-state index in [4.69, 9.17) is 4.74 Å². The summed E-state index contributed by atoms with van der Waals surface area (Å²) in [4.78, 5) is 14.0. The zero-order valence-corrected chi connectivity index (χ0v) is 13.5. The standard InChI is InChI=1S/C17H27N3O2/c1-14(20(2)13-15-7-4-3-5-8-15)11-18-17(21)19-12-16-9-6-10-22-16/h3-5,7-8,14,16H,6,9-13H2,1-2H3,(H2,18,19,21)/t14-,16+/m1/s1. The Labute approximate surface area is 133 Å². The van der Waals surface area contributed by atoms with E-state index in [-0.39, 0.29) is 18.2 Å². The predicted octanol–water partition coefficient (Wildman–Crippen LogP) is 1.99. The molecule has 0 bridgehead atoms. The van der Waals surface area contributed by atoms with Crippen LogP contribution in [-0.4, -0.2) is 49.8 Å².